The molecule has 16 heavy (non-hydrogen) atoms. The minimum Gasteiger partial charge on any atom is -0.300 e. The van der Waals surface area contributed by atoms with Crippen LogP contribution in [0.15, 0.2) is 18.2 Å². The SMILES string of the molecule is Cc1ccc(C2CCCCC(=O)C2)c(C)c1. The number of carbonyl (C=O) groups excluding carboxylic acids is 1. The van der Waals surface area contributed by atoms with Gasteiger partial charge in [-0.15, -0.1) is 0 Å². The summed E-state index contributed by atoms with van der Waals surface area (Å²) in [6.45, 7) is 4.28. The molecule has 0 saturated heterocycles. The average molecular weight is 216 g/mol. The van der Waals surface area contributed by atoms with E-state index in [4.69, 9.17) is 0 Å². The van der Waals surface area contributed by atoms with Crippen LogP contribution >= 0.6 is 0 Å². The number of hydrogen-bond acceptors (Lipinski definition) is 1. The van der Waals surface area contributed by atoms with Crippen molar-refractivity contribution in [3.8, 4) is 0 Å². The van der Waals surface area contributed by atoms with Crippen molar-refractivity contribution in [1.29, 1.82) is 0 Å². The molecule has 1 saturated carbocycles. The van der Waals surface area contributed by atoms with Crippen LogP contribution in [0.3, 0.4) is 0 Å². The molecule has 1 nitrogen and oxygen atoms in total. The predicted octanol–water partition coefficient (Wildman–Crippen LogP) is 3.92. The molecular weight excluding hydrogens is 196 g/mol. The summed E-state index contributed by atoms with van der Waals surface area (Å²) in [6, 6.07) is 6.61. The maximum Gasteiger partial charge on any atom is 0.133 e. The van der Waals surface area contributed by atoms with Gasteiger partial charge in [-0.05, 0) is 43.7 Å². The fourth-order valence-electron chi connectivity index (χ4n) is 2.74. The first-order valence-electron chi connectivity index (χ1n) is 6.25. The van der Waals surface area contributed by atoms with Crippen molar-refractivity contribution in [2.45, 2.75) is 51.9 Å². The van der Waals surface area contributed by atoms with Crippen molar-refractivity contribution in [3.63, 3.8) is 0 Å². The molecule has 0 bridgehead atoms. The zero-order chi connectivity index (χ0) is 11.5. The minimum absolute atomic E-state index is 0.447. The standard InChI is InChI=1S/C15H20O/c1-11-7-8-15(12(2)9-11)13-5-3-4-6-14(16)10-13/h7-9,13H,3-6,10H2,1-2H3. The molecule has 0 amide bonds. The molecule has 0 heterocycles. The number of ketones is 1. The Hall–Kier alpha value is -1.11. The van der Waals surface area contributed by atoms with Crippen LogP contribution in [0.1, 0.15) is 54.7 Å². The average Bonchev–Trinajstić information content (AvgIpc) is 2.43. The number of aryl methyl sites for hydroxylation is 2. The number of Topliss-reactive ketones (excluding diaryl/α,β-unsaturated/α-hetero) is 1. The number of rotatable bonds is 1. The van der Waals surface area contributed by atoms with Gasteiger partial charge in [0.1, 0.15) is 5.78 Å². The van der Waals surface area contributed by atoms with Gasteiger partial charge in [0.25, 0.3) is 0 Å². The molecule has 0 aromatic heterocycles. The van der Waals surface area contributed by atoms with Gasteiger partial charge in [0.05, 0.1) is 0 Å². The first kappa shape index (κ1) is 11.4. The zero-order valence-electron chi connectivity index (χ0n) is 10.3. The van der Waals surface area contributed by atoms with Crippen LogP contribution in [0.4, 0.5) is 0 Å². The van der Waals surface area contributed by atoms with Crippen molar-refractivity contribution in [2.75, 3.05) is 0 Å². The Labute approximate surface area is 97.9 Å². The Morgan fingerprint density at radius 2 is 2.00 bits per heavy atom. The van der Waals surface area contributed by atoms with Gasteiger partial charge in [0.2, 0.25) is 0 Å². The van der Waals surface area contributed by atoms with Gasteiger partial charge in [-0.25, -0.2) is 0 Å². The van der Waals surface area contributed by atoms with E-state index in [0.717, 1.165) is 19.3 Å². The molecule has 2 rings (SSSR count). The third kappa shape index (κ3) is 2.52. The highest BCUT2D eigenvalue weighted by Crippen LogP contribution is 2.32. The van der Waals surface area contributed by atoms with Gasteiger partial charge in [0.15, 0.2) is 0 Å². The molecule has 1 aliphatic carbocycles. The lowest BCUT2D eigenvalue weighted by molar-refractivity contribution is -0.119. The van der Waals surface area contributed by atoms with E-state index in [-0.39, 0.29) is 0 Å². The maximum atomic E-state index is 11.6. The summed E-state index contributed by atoms with van der Waals surface area (Å²) >= 11 is 0. The molecule has 0 radical (unpaired) electrons. The van der Waals surface area contributed by atoms with Crippen LogP contribution in [-0.4, -0.2) is 5.78 Å². The van der Waals surface area contributed by atoms with Gasteiger partial charge < -0.3 is 0 Å². The Morgan fingerprint density at radius 3 is 2.75 bits per heavy atom. The highest BCUT2D eigenvalue weighted by atomic mass is 16.1. The maximum absolute atomic E-state index is 11.6. The first-order chi connectivity index (χ1) is 7.66. The Kier molecular flexibility index (Phi) is 3.42. The van der Waals surface area contributed by atoms with E-state index in [1.165, 1.54) is 29.5 Å². The van der Waals surface area contributed by atoms with E-state index in [0.29, 0.717) is 11.7 Å². The highest BCUT2D eigenvalue weighted by Gasteiger charge is 2.20. The Balaban J connectivity index is 2.24. The normalized spacial score (nSPS) is 21.9. The van der Waals surface area contributed by atoms with E-state index in [2.05, 4.69) is 32.0 Å². The topological polar surface area (TPSA) is 17.1 Å². The van der Waals surface area contributed by atoms with Crippen LogP contribution in [0, 0.1) is 13.8 Å². The fourth-order valence-corrected chi connectivity index (χ4v) is 2.74. The molecule has 1 aromatic carbocycles. The summed E-state index contributed by atoms with van der Waals surface area (Å²) in [5, 5.41) is 0. The van der Waals surface area contributed by atoms with Crippen molar-refractivity contribution in [1.82, 2.24) is 0 Å². The lowest BCUT2D eigenvalue weighted by atomic mass is 9.88. The first-order valence-corrected chi connectivity index (χ1v) is 6.25. The molecule has 86 valence electrons. The molecule has 1 aromatic rings. The third-order valence-corrected chi connectivity index (χ3v) is 3.60. The van der Waals surface area contributed by atoms with Crippen LogP contribution in [0.2, 0.25) is 0 Å². The predicted molar refractivity (Wildman–Crippen MR) is 66.7 cm³/mol. The van der Waals surface area contributed by atoms with E-state index in [1.54, 1.807) is 0 Å². The third-order valence-electron chi connectivity index (χ3n) is 3.60. The highest BCUT2D eigenvalue weighted by molar-refractivity contribution is 5.79. The molecule has 0 spiro atoms. The molecule has 0 N–H and O–H groups in total. The molecule has 1 unspecified atom stereocenters. The number of carbonyl (C=O) groups is 1. The van der Waals surface area contributed by atoms with E-state index >= 15 is 0 Å². The summed E-state index contributed by atoms with van der Waals surface area (Å²) in [5.74, 6) is 0.915. The van der Waals surface area contributed by atoms with Crippen molar-refractivity contribution >= 4 is 5.78 Å². The molecule has 1 heteroatoms. The second-order valence-electron chi connectivity index (χ2n) is 5.05. The molecule has 1 fully saturated rings. The van der Waals surface area contributed by atoms with Gasteiger partial charge >= 0.3 is 0 Å². The minimum atomic E-state index is 0.447. The van der Waals surface area contributed by atoms with Crippen LogP contribution < -0.4 is 0 Å². The lowest BCUT2D eigenvalue weighted by Crippen LogP contribution is -2.05. The van der Waals surface area contributed by atoms with Gasteiger partial charge in [0, 0.05) is 12.8 Å². The van der Waals surface area contributed by atoms with Crippen molar-refractivity contribution in [2.24, 2.45) is 0 Å². The quantitative estimate of drug-likeness (QED) is 0.650. The molecule has 0 aliphatic heterocycles. The fraction of sp³-hybridized carbons (Fsp3) is 0.533. The second-order valence-corrected chi connectivity index (χ2v) is 5.05. The summed E-state index contributed by atoms with van der Waals surface area (Å²) < 4.78 is 0. The van der Waals surface area contributed by atoms with E-state index < -0.39 is 0 Å². The number of hydrogen-bond donors (Lipinski definition) is 0. The largest absolute Gasteiger partial charge is 0.300 e. The van der Waals surface area contributed by atoms with Crippen LogP contribution in [-0.2, 0) is 4.79 Å². The van der Waals surface area contributed by atoms with Gasteiger partial charge in [-0.2, -0.15) is 0 Å². The summed E-state index contributed by atoms with van der Waals surface area (Å²) in [5.41, 5.74) is 4.04. The van der Waals surface area contributed by atoms with Crippen LogP contribution in [0.5, 0.6) is 0 Å². The van der Waals surface area contributed by atoms with Crippen molar-refractivity contribution in [3.05, 3.63) is 34.9 Å². The zero-order valence-corrected chi connectivity index (χ0v) is 10.3. The Morgan fingerprint density at radius 1 is 1.19 bits per heavy atom. The van der Waals surface area contributed by atoms with Gasteiger partial charge in [-0.3, -0.25) is 4.79 Å². The molecule has 1 atom stereocenters. The van der Waals surface area contributed by atoms with E-state index in [9.17, 15) is 4.79 Å². The lowest BCUT2D eigenvalue weighted by Gasteiger charge is -2.16. The van der Waals surface area contributed by atoms with Gasteiger partial charge in [-0.1, -0.05) is 30.2 Å². The van der Waals surface area contributed by atoms with E-state index in [1.807, 2.05) is 0 Å². The summed E-state index contributed by atoms with van der Waals surface area (Å²) in [7, 11) is 0. The summed E-state index contributed by atoms with van der Waals surface area (Å²) in [4.78, 5) is 11.6. The van der Waals surface area contributed by atoms with Crippen LogP contribution in [0.25, 0.3) is 0 Å². The Bertz CT molecular complexity index is 392. The van der Waals surface area contributed by atoms with Crippen molar-refractivity contribution < 1.29 is 4.79 Å². The molecular formula is C15H20O. The number of benzene rings is 1. The summed E-state index contributed by atoms with van der Waals surface area (Å²) in [6.07, 6.45) is 5.00. The molecule has 1 aliphatic rings. The second kappa shape index (κ2) is 4.82. The monoisotopic (exact) mass is 216 g/mol. The smallest absolute Gasteiger partial charge is 0.133 e.